The molecule has 1 unspecified atom stereocenters. The summed E-state index contributed by atoms with van der Waals surface area (Å²) in [7, 11) is 0. The van der Waals surface area contributed by atoms with Gasteiger partial charge in [0.1, 0.15) is 11.0 Å². The van der Waals surface area contributed by atoms with Crippen molar-refractivity contribution in [3.63, 3.8) is 0 Å². The topological polar surface area (TPSA) is 24.9 Å². The van der Waals surface area contributed by atoms with E-state index in [4.69, 9.17) is 11.6 Å². The van der Waals surface area contributed by atoms with Crippen LogP contribution < -0.4 is 5.32 Å². The third kappa shape index (κ3) is 2.99. The molecule has 1 aromatic heterocycles. The van der Waals surface area contributed by atoms with Gasteiger partial charge in [-0.3, -0.25) is 0 Å². The molecule has 18 heavy (non-hydrogen) atoms. The highest BCUT2D eigenvalue weighted by Crippen LogP contribution is 2.24. The number of hydrogen-bond acceptors (Lipinski definition) is 2. The van der Waals surface area contributed by atoms with Crippen molar-refractivity contribution in [3.05, 3.63) is 59.1 Å². The minimum absolute atomic E-state index is 0.0748. The van der Waals surface area contributed by atoms with Crippen LogP contribution in [-0.2, 0) is 0 Å². The molecular weight excluding hydrogens is 251 g/mol. The van der Waals surface area contributed by atoms with Gasteiger partial charge >= 0.3 is 0 Å². The molecule has 1 N–H and O–H groups in total. The quantitative estimate of drug-likeness (QED) is 0.826. The van der Waals surface area contributed by atoms with Crippen LogP contribution in [0.25, 0.3) is 0 Å². The standard InChI is InChI=1S/C14H14ClFN2/c1-2-13(11-5-3-4-6-12(11)16)18-10-7-8-14(15)17-9-10/h3-9,13,18H,2H2,1H3. The second-order valence-corrected chi connectivity index (χ2v) is 4.38. The molecule has 1 atom stereocenters. The van der Waals surface area contributed by atoms with Gasteiger partial charge in [0.15, 0.2) is 0 Å². The molecule has 0 fully saturated rings. The Kier molecular flexibility index (Phi) is 4.15. The predicted molar refractivity (Wildman–Crippen MR) is 72.3 cm³/mol. The SMILES string of the molecule is CCC(Nc1ccc(Cl)nc1)c1ccccc1F. The molecule has 0 aliphatic heterocycles. The Morgan fingerprint density at radius 1 is 1.28 bits per heavy atom. The summed E-state index contributed by atoms with van der Waals surface area (Å²) in [4.78, 5) is 3.99. The number of hydrogen-bond donors (Lipinski definition) is 1. The summed E-state index contributed by atoms with van der Waals surface area (Å²) in [5, 5.41) is 3.70. The molecule has 0 saturated carbocycles. The molecule has 0 saturated heterocycles. The summed E-state index contributed by atoms with van der Waals surface area (Å²) in [6, 6.07) is 10.3. The van der Waals surface area contributed by atoms with Gasteiger partial charge < -0.3 is 5.32 Å². The fourth-order valence-corrected chi connectivity index (χ4v) is 1.93. The molecule has 0 aliphatic carbocycles. The van der Waals surface area contributed by atoms with Crippen molar-refractivity contribution in [2.75, 3.05) is 5.32 Å². The lowest BCUT2D eigenvalue weighted by Gasteiger charge is -2.19. The first-order valence-electron chi connectivity index (χ1n) is 5.83. The van der Waals surface area contributed by atoms with Crippen LogP contribution in [0.4, 0.5) is 10.1 Å². The number of rotatable bonds is 4. The molecule has 94 valence electrons. The first-order valence-corrected chi connectivity index (χ1v) is 6.21. The van der Waals surface area contributed by atoms with Gasteiger partial charge in [-0.2, -0.15) is 0 Å². The third-order valence-electron chi connectivity index (χ3n) is 2.76. The Hall–Kier alpha value is -1.61. The first-order chi connectivity index (χ1) is 8.70. The number of anilines is 1. The van der Waals surface area contributed by atoms with E-state index in [1.54, 1.807) is 24.4 Å². The lowest BCUT2D eigenvalue weighted by molar-refractivity contribution is 0.587. The van der Waals surface area contributed by atoms with E-state index >= 15 is 0 Å². The van der Waals surface area contributed by atoms with Crippen LogP contribution in [0.2, 0.25) is 5.15 Å². The van der Waals surface area contributed by atoms with Crippen LogP contribution in [0, 0.1) is 5.82 Å². The highest BCUT2D eigenvalue weighted by Gasteiger charge is 2.13. The van der Waals surface area contributed by atoms with Gasteiger partial charge in [-0.15, -0.1) is 0 Å². The van der Waals surface area contributed by atoms with Crippen LogP contribution in [0.1, 0.15) is 24.9 Å². The van der Waals surface area contributed by atoms with Gasteiger partial charge in [-0.1, -0.05) is 36.7 Å². The molecule has 0 radical (unpaired) electrons. The Labute approximate surface area is 111 Å². The number of benzene rings is 1. The summed E-state index contributed by atoms with van der Waals surface area (Å²) in [5.74, 6) is -0.196. The smallest absolute Gasteiger partial charge is 0.129 e. The molecule has 0 aliphatic rings. The van der Waals surface area contributed by atoms with E-state index in [0.29, 0.717) is 10.7 Å². The fourth-order valence-electron chi connectivity index (χ4n) is 1.82. The third-order valence-corrected chi connectivity index (χ3v) is 2.98. The van der Waals surface area contributed by atoms with Crippen molar-refractivity contribution in [2.24, 2.45) is 0 Å². The molecule has 0 spiro atoms. The Morgan fingerprint density at radius 2 is 2.06 bits per heavy atom. The van der Waals surface area contributed by atoms with E-state index < -0.39 is 0 Å². The zero-order chi connectivity index (χ0) is 13.0. The van der Waals surface area contributed by atoms with Crippen LogP contribution >= 0.6 is 11.6 Å². The number of aromatic nitrogens is 1. The maximum absolute atomic E-state index is 13.7. The van der Waals surface area contributed by atoms with Crippen molar-refractivity contribution >= 4 is 17.3 Å². The van der Waals surface area contributed by atoms with Crippen LogP contribution in [0.5, 0.6) is 0 Å². The number of pyridine rings is 1. The predicted octanol–water partition coefficient (Wildman–Crippen LogP) is 4.44. The normalized spacial score (nSPS) is 12.2. The monoisotopic (exact) mass is 264 g/mol. The molecular formula is C14H14ClFN2. The van der Waals surface area contributed by atoms with Crippen molar-refractivity contribution < 1.29 is 4.39 Å². The Bertz CT molecular complexity index is 513. The number of nitrogens with one attached hydrogen (secondary N) is 1. The molecule has 0 bridgehead atoms. The van der Waals surface area contributed by atoms with Gasteiger partial charge in [-0.25, -0.2) is 9.37 Å². The summed E-state index contributed by atoms with van der Waals surface area (Å²) < 4.78 is 13.7. The molecule has 1 aromatic carbocycles. The second-order valence-electron chi connectivity index (χ2n) is 4.00. The van der Waals surface area contributed by atoms with E-state index in [0.717, 1.165) is 12.1 Å². The van der Waals surface area contributed by atoms with E-state index in [9.17, 15) is 4.39 Å². The van der Waals surface area contributed by atoms with E-state index in [-0.39, 0.29) is 11.9 Å². The average Bonchev–Trinajstić information content (AvgIpc) is 2.39. The molecule has 2 rings (SSSR count). The summed E-state index contributed by atoms with van der Waals surface area (Å²) in [5.41, 5.74) is 1.49. The fraction of sp³-hybridized carbons (Fsp3) is 0.214. The Morgan fingerprint density at radius 3 is 2.67 bits per heavy atom. The van der Waals surface area contributed by atoms with Crippen molar-refractivity contribution in [1.29, 1.82) is 0 Å². The highest BCUT2D eigenvalue weighted by molar-refractivity contribution is 6.29. The minimum atomic E-state index is -0.196. The summed E-state index contributed by atoms with van der Waals surface area (Å²) >= 11 is 5.73. The van der Waals surface area contributed by atoms with Crippen molar-refractivity contribution in [1.82, 2.24) is 4.98 Å². The van der Waals surface area contributed by atoms with Gasteiger partial charge in [-0.05, 0) is 24.6 Å². The maximum Gasteiger partial charge on any atom is 0.129 e. The lowest BCUT2D eigenvalue weighted by Crippen LogP contribution is -2.11. The van der Waals surface area contributed by atoms with Crippen LogP contribution in [-0.4, -0.2) is 4.98 Å². The van der Waals surface area contributed by atoms with E-state index in [2.05, 4.69) is 10.3 Å². The lowest BCUT2D eigenvalue weighted by atomic mass is 10.0. The molecule has 4 heteroatoms. The number of nitrogens with zero attached hydrogens (tertiary/aromatic N) is 1. The molecule has 2 nitrogen and oxygen atoms in total. The van der Waals surface area contributed by atoms with Crippen LogP contribution in [0.3, 0.4) is 0 Å². The zero-order valence-corrected chi connectivity index (χ0v) is 10.8. The van der Waals surface area contributed by atoms with E-state index in [1.807, 2.05) is 19.1 Å². The Balaban J connectivity index is 2.20. The summed E-state index contributed by atoms with van der Waals surface area (Å²) in [6.45, 7) is 2.01. The first kappa shape index (κ1) is 12.8. The largest absolute Gasteiger partial charge is 0.377 e. The van der Waals surface area contributed by atoms with Gasteiger partial charge in [0, 0.05) is 5.56 Å². The van der Waals surface area contributed by atoms with Crippen molar-refractivity contribution in [3.8, 4) is 0 Å². The molecule has 2 aromatic rings. The van der Waals surface area contributed by atoms with Crippen LogP contribution in [0.15, 0.2) is 42.6 Å². The second kappa shape index (κ2) is 5.83. The van der Waals surface area contributed by atoms with Gasteiger partial charge in [0.2, 0.25) is 0 Å². The molecule has 0 amide bonds. The zero-order valence-electron chi connectivity index (χ0n) is 10.0. The average molecular weight is 265 g/mol. The van der Waals surface area contributed by atoms with Gasteiger partial charge in [0.05, 0.1) is 17.9 Å². The summed E-state index contributed by atoms with van der Waals surface area (Å²) in [6.07, 6.45) is 2.43. The molecule has 1 heterocycles. The minimum Gasteiger partial charge on any atom is -0.377 e. The van der Waals surface area contributed by atoms with E-state index in [1.165, 1.54) is 6.07 Å². The van der Waals surface area contributed by atoms with Gasteiger partial charge in [0.25, 0.3) is 0 Å². The number of halogens is 2. The highest BCUT2D eigenvalue weighted by atomic mass is 35.5. The maximum atomic E-state index is 13.7. The van der Waals surface area contributed by atoms with Crippen molar-refractivity contribution in [2.45, 2.75) is 19.4 Å².